The Hall–Kier alpha value is -1.27. The van der Waals surface area contributed by atoms with Gasteiger partial charge in [0.25, 0.3) is 0 Å². The molecule has 1 amide bonds. The summed E-state index contributed by atoms with van der Waals surface area (Å²) in [4.78, 5) is 22.7. The zero-order valence-corrected chi connectivity index (χ0v) is 9.46. The predicted molar refractivity (Wildman–Crippen MR) is 49.7 cm³/mol. The van der Waals surface area contributed by atoms with Gasteiger partial charge in [-0.15, -0.1) is 0 Å². The van der Waals surface area contributed by atoms with Crippen LogP contribution in [0.1, 0.15) is 27.7 Å². The molecule has 0 aliphatic carbocycles. The van der Waals surface area contributed by atoms with Crippen LogP contribution in [0.15, 0.2) is 0 Å². The van der Waals surface area contributed by atoms with Crippen molar-refractivity contribution >= 4 is 12.1 Å². The van der Waals surface area contributed by atoms with E-state index in [1.165, 1.54) is 0 Å². The summed E-state index contributed by atoms with van der Waals surface area (Å²) in [5.41, 5.74) is 0. The number of amides is 1. The van der Waals surface area contributed by atoms with Crippen LogP contribution in [0.5, 0.6) is 0 Å². The van der Waals surface area contributed by atoms with E-state index in [9.17, 15) is 22.8 Å². The van der Waals surface area contributed by atoms with Gasteiger partial charge in [0.2, 0.25) is 0 Å². The maximum atomic E-state index is 11.8. The second-order valence-electron chi connectivity index (χ2n) is 3.75. The van der Waals surface area contributed by atoms with Crippen molar-refractivity contribution in [3.8, 4) is 0 Å². The molecule has 7 heteroatoms. The summed E-state index contributed by atoms with van der Waals surface area (Å²) in [6.07, 6.45) is -6.44. The van der Waals surface area contributed by atoms with Gasteiger partial charge >= 0.3 is 18.2 Å². The SMILES string of the molecule is CC(C)N(C(=O)OC(=O)C(F)(F)F)C(C)C. The fraction of sp³-hybridized carbons (Fsp3) is 0.778. The molecule has 4 nitrogen and oxygen atoms in total. The topological polar surface area (TPSA) is 46.6 Å². The van der Waals surface area contributed by atoms with Crippen molar-refractivity contribution in [1.82, 2.24) is 4.90 Å². The van der Waals surface area contributed by atoms with E-state index in [1.54, 1.807) is 27.7 Å². The molecule has 0 saturated carbocycles. The number of rotatable bonds is 2. The van der Waals surface area contributed by atoms with Crippen LogP contribution in [-0.4, -0.2) is 35.2 Å². The predicted octanol–water partition coefficient (Wildman–Crippen LogP) is 2.33. The minimum absolute atomic E-state index is 0.353. The van der Waals surface area contributed by atoms with Crippen molar-refractivity contribution < 1.29 is 27.5 Å². The highest BCUT2D eigenvalue weighted by Crippen LogP contribution is 2.18. The maximum absolute atomic E-state index is 11.8. The Morgan fingerprint density at radius 3 is 1.69 bits per heavy atom. The van der Waals surface area contributed by atoms with E-state index in [-0.39, 0.29) is 12.1 Å². The van der Waals surface area contributed by atoms with Gasteiger partial charge in [0, 0.05) is 12.1 Å². The lowest BCUT2D eigenvalue weighted by molar-refractivity contribution is -0.194. The second kappa shape index (κ2) is 5.18. The van der Waals surface area contributed by atoms with E-state index in [0.29, 0.717) is 0 Å². The zero-order valence-electron chi connectivity index (χ0n) is 9.46. The molecule has 0 unspecified atom stereocenters. The Balaban J connectivity index is 4.62. The minimum atomic E-state index is -5.16. The number of esters is 1. The Bertz CT molecular complexity index is 266. The number of nitrogens with zero attached hydrogens (tertiary/aromatic N) is 1. The first-order valence-corrected chi connectivity index (χ1v) is 4.68. The Morgan fingerprint density at radius 1 is 1.06 bits per heavy atom. The number of alkyl halides is 3. The Kier molecular flexibility index (Phi) is 4.77. The van der Waals surface area contributed by atoms with Gasteiger partial charge in [-0.1, -0.05) is 0 Å². The lowest BCUT2D eigenvalue weighted by Gasteiger charge is -2.29. The summed E-state index contributed by atoms with van der Waals surface area (Å²) < 4.78 is 39.2. The van der Waals surface area contributed by atoms with Gasteiger partial charge in [-0.2, -0.15) is 13.2 Å². The number of halogens is 3. The molecule has 0 heterocycles. The van der Waals surface area contributed by atoms with Crippen molar-refractivity contribution in [2.75, 3.05) is 0 Å². The third-order valence-electron chi connectivity index (χ3n) is 1.73. The molecule has 0 aliphatic rings. The number of hydrogen-bond acceptors (Lipinski definition) is 3. The lowest BCUT2D eigenvalue weighted by atomic mass is 10.2. The van der Waals surface area contributed by atoms with Gasteiger partial charge in [0.05, 0.1) is 0 Å². The third-order valence-corrected chi connectivity index (χ3v) is 1.73. The minimum Gasteiger partial charge on any atom is -0.369 e. The van der Waals surface area contributed by atoms with Gasteiger partial charge in [-0.05, 0) is 27.7 Å². The Labute approximate surface area is 91.4 Å². The van der Waals surface area contributed by atoms with E-state index in [1.807, 2.05) is 0 Å². The fourth-order valence-corrected chi connectivity index (χ4v) is 1.21. The second-order valence-corrected chi connectivity index (χ2v) is 3.75. The van der Waals surface area contributed by atoms with E-state index >= 15 is 0 Å². The fourth-order valence-electron chi connectivity index (χ4n) is 1.21. The molecule has 0 radical (unpaired) electrons. The van der Waals surface area contributed by atoms with Crippen LogP contribution in [0.2, 0.25) is 0 Å². The van der Waals surface area contributed by atoms with Crippen LogP contribution < -0.4 is 0 Å². The van der Waals surface area contributed by atoms with Gasteiger partial charge in [0.1, 0.15) is 0 Å². The van der Waals surface area contributed by atoms with E-state index < -0.39 is 18.2 Å². The molecule has 94 valence electrons. The lowest BCUT2D eigenvalue weighted by Crippen LogP contribution is -2.44. The Morgan fingerprint density at radius 2 is 1.44 bits per heavy atom. The summed E-state index contributed by atoms with van der Waals surface area (Å²) in [5, 5.41) is 0. The number of carbonyl (C=O) groups is 2. The molecule has 0 rings (SSSR count). The summed E-state index contributed by atoms with van der Waals surface area (Å²) in [7, 11) is 0. The van der Waals surface area contributed by atoms with Crippen molar-refractivity contribution in [1.29, 1.82) is 0 Å². The molecule has 0 spiro atoms. The van der Waals surface area contributed by atoms with Crippen molar-refractivity contribution in [3.05, 3.63) is 0 Å². The van der Waals surface area contributed by atoms with E-state index in [4.69, 9.17) is 0 Å². The van der Waals surface area contributed by atoms with Gasteiger partial charge in [0.15, 0.2) is 0 Å². The first kappa shape index (κ1) is 14.7. The molecular formula is C9H14F3NO3. The molecule has 0 aromatic heterocycles. The van der Waals surface area contributed by atoms with Crippen molar-refractivity contribution in [2.24, 2.45) is 0 Å². The smallest absolute Gasteiger partial charge is 0.369 e. The zero-order chi connectivity index (χ0) is 13.1. The van der Waals surface area contributed by atoms with Crippen LogP contribution in [0, 0.1) is 0 Å². The van der Waals surface area contributed by atoms with Gasteiger partial charge in [-0.3, -0.25) is 0 Å². The summed E-state index contributed by atoms with van der Waals surface area (Å²) in [6.45, 7) is 6.44. The molecule has 16 heavy (non-hydrogen) atoms. The van der Waals surface area contributed by atoms with E-state index in [0.717, 1.165) is 4.90 Å². The third kappa shape index (κ3) is 4.08. The van der Waals surface area contributed by atoms with Crippen LogP contribution in [-0.2, 0) is 9.53 Å². The number of hydrogen-bond donors (Lipinski definition) is 0. The van der Waals surface area contributed by atoms with Crippen molar-refractivity contribution in [2.45, 2.75) is 46.0 Å². The van der Waals surface area contributed by atoms with Gasteiger partial charge in [-0.25, -0.2) is 9.59 Å². The number of carbonyl (C=O) groups excluding carboxylic acids is 2. The van der Waals surface area contributed by atoms with Crippen LogP contribution in [0.4, 0.5) is 18.0 Å². The summed E-state index contributed by atoms with van der Waals surface area (Å²) in [5.74, 6) is -2.50. The molecule has 0 N–H and O–H groups in total. The molecule has 0 aromatic rings. The quantitative estimate of drug-likeness (QED) is 0.550. The molecular weight excluding hydrogens is 227 g/mol. The normalized spacial score (nSPS) is 11.8. The highest BCUT2D eigenvalue weighted by Gasteiger charge is 2.43. The first-order chi connectivity index (χ1) is 7.07. The molecule has 0 atom stereocenters. The molecule has 0 saturated heterocycles. The highest BCUT2D eigenvalue weighted by atomic mass is 19.4. The molecule has 0 bridgehead atoms. The van der Waals surface area contributed by atoms with E-state index in [2.05, 4.69) is 4.74 Å². The average Bonchev–Trinajstić information content (AvgIpc) is 1.99. The summed E-state index contributed by atoms with van der Waals surface area (Å²) >= 11 is 0. The first-order valence-electron chi connectivity index (χ1n) is 4.68. The van der Waals surface area contributed by atoms with Gasteiger partial charge < -0.3 is 9.64 Å². The summed E-state index contributed by atoms with van der Waals surface area (Å²) in [6, 6.07) is -0.706. The van der Waals surface area contributed by atoms with Crippen LogP contribution >= 0.6 is 0 Å². The molecule has 0 aliphatic heterocycles. The highest BCUT2D eigenvalue weighted by molar-refractivity contribution is 5.87. The largest absolute Gasteiger partial charge is 0.491 e. The van der Waals surface area contributed by atoms with Crippen LogP contribution in [0.25, 0.3) is 0 Å². The standard InChI is InChI=1S/C9H14F3NO3/c1-5(2)13(6(3)4)8(15)16-7(14)9(10,11)12/h5-6H,1-4H3. The van der Waals surface area contributed by atoms with Crippen molar-refractivity contribution in [3.63, 3.8) is 0 Å². The number of ether oxygens (including phenoxy) is 1. The average molecular weight is 241 g/mol. The molecule has 0 aromatic carbocycles. The maximum Gasteiger partial charge on any atom is 0.491 e. The monoisotopic (exact) mass is 241 g/mol. The van der Waals surface area contributed by atoms with Crippen LogP contribution in [0.3, 0.4) is 0 Å². The molecule has 0 fully saturated rings.